The Morgan fingerprint density at radius 2 is 2.47 bits per heavy atom. The molecule has 82 valence electrons. The van der Waals surface area contributed by atoms with Gasteiger partial charge in [0.05, 0.1) is 18.2 Å². The lowest BCUT2D eigenvalue weighted by atomic mass is 10.0. The number of aromatic nitrogens is 1. The topological polar surface area (TPSA) is 60.2 Å². The van der Waals surface area contributed by atoms with E-state index in [1.54, 1.807) is 6.20 Å². The number of nitrogens with one attached hydrogen (secondary N) is 1. The average molecular weight is 207 g/mol. The molecule has 4 heteroatoms. The van der Waals surface area contributed by atoms with Crippen molar-refractivity contribution >= 4 is 0 Å². The Morgan fingerprint density at radius 3 is 3.00 bits per heavy atom. The van der Waals surface area contributed by atoms with Crippen molar-refractivity contribution in [3.8, 4) is 0 Å². The largest absolute Gasteiger partial charge is 0.373 e. The van der Waals surface area contributed by atoms with Crippen LogP contribution in [0.2, 0.25) is 0 Å². The summed E-state index contributed by atoms with van der Waals surface area (Å²) in [6.45, 7) is 2.09. The molecule has 1 saturated heterocycles. The molecule has 2 heterocycles. The third-order valence-electron chi connectivity index (χ3n) is 2.86. The van der Waals surface area contributed by atoms with E-state index in [0.717, 1.165) is 18.4 Å². The standard InChI is InChI=1S/C11H17N3O/c1-8-4-5-10(15-8)11(14-12)9-3-2-6-13-7-9/h2-3,6-8,10-11,14H,4-5,12H2,1H3. The number of pyridine rings is 1. The fourth-order valence-corrected chi connectivity index (χ4v) is 2.06. The van der Waals surface area contributed by atoms with Gasteiger partial charge < -0.3 is 4.74 Å². The zero-order valence-corrected chi connectivity index (χ0v) is 8.89. The van der Waals surface area contributed by atoms with E-state index in [1.165, 1.54) is 0 Å². The molecule has 1 aromatic rings. The Labute approximate surface area is 89.8 Å². The van der Waals surface area contributed by atoms with Crippen LogP contribution >= 0.6 is 0 Å². The minimum Gasteiger partial charge on any atom is -0.373 e. The van der Waals surface area contributed by atoms with Crippen molar-refractivity contribution in [2.24, 2.45) is 5.84 Å². The first-order valence-electron chi connectivity index (χ1n) is 5.33. The summed E-state index contributed by atoms with van der Waals surface area (Å²) in [4.78, 5) is 4.09. The molecule has 2 rings (SSSR count). The maximum absolute atomic E-state index is 5.80. The fourth-order valence-electron chi connectivity index (χ4n) is 2.06. The molecule has 1 aliphatic heterocycles. The van der Waals surface area contributed by atoms with Crippen molar-refractivity contribution in [2.45, 2.75) is 38.0 Å². The molecule has 0 aromatic carbocycles. The Balaban J connectivity index is 2.11. The predicted molar refractivity (Wildman–Crippen MR) is 57.9 cm³/mol. The van der Waals surface area contributed by atoms with Crippen LogP contribution in [0, 0.1) is 0 Å². The summed E-state index contributed by atoms with van der Waals surface area (Å²) in [7, 11) is 0. The zero-order chi connectivity index (χ0) is 10.7. The minimum absolute atomic E-state index is 0.0450. The molecule has 3 unspecified atom stereocenters. The van der Waals surface area contributed by atoms with Gasteiger partial charge in [-0.25, -0.2) is 0 Å². The van der Waals surface area contributed by atoms with Crippen LogP contribution in [0.1, 0.15) is 31.4 Å². The van der Waals surface area contributed by atoms with Gasteiger partial charge in [0.2, 0.25) is 0 Å². The van der Waals surface area contributed by atoms with E-state index >= 15 is 0 Å². The molecular weight excluding hydrogens is 190 g/mol. The van der Waals surface area contributed by atoms with Gasteiger partial charge in [-0.15, -0.1) is 0 Å². The quantitative estimate of drug-likeness (QED) is 0.576. The van der Waals surface area contributed by atoms with E-state index in [4.69, 9.17) is 10.6 Å². The number of rotatable bonds is 3. The third kappa shape index (κ3) is 2.34. The molecule has 15 heavy (non-hydrogen) atoms. The van der Waals surface area contributed by atoms with Crippen LogP contribution in [-0.2, 0) is 4.74 Å². The Bertz CT molecular complexity index is 304. The summed E-state index contributed by atoms with van der Waals surface area (Å²) in [5.41, 5.74) is 3.90. The normalized spacial score (nSPS) is 27.9. The van der Waals surface area contributed by atoms with Crippen LogP contribution in [0.5, 0.6) is 0 Å². The van der Waals surface area contributed by atoms with Crippen molar-refractivity contribution < 1.29 is 4.74 Å². The average Bonchev–Trinajstić information content (AvgIpc) is 2.68. The first-order valence-corrected chi connectivity index (χ1v) is 5.33. The SMILES string of the molecule is CC1CCC(C(NN)c2cccnc2)O1. The van der Waals surface area contributed by atoms with E-state index in [9.17, 15) is 0 Å². The number of hydrogen-bond donors (Lipinski definition) is 2. The monoisotopic (exact) mass is 207 g/mol. The molecular formula is C11H17N3O. The zero-order valence-electron chi connectivity index (χ0n) is 8.89. The smallest absolute Gasteiger partial charge is 0.0787 e. The number of nitrogens with zero attached hydrogens (tertiary/aromatic N) is 1. The molecule has 0 saturated carbocycles. The van der Waals surface area contributed by atoms with E-state index in [2.05, 4.69) is 17.3 Å². The molecule has 1 aromatic heterocycles. The highest BCUT2D eigenvalue weighted by atomic mass is 16.5. The van der Waals surface area contributed by atoms with Crippen molar-refractivity contribution in [1.29, 1.82) is 0 Å². The van der Waals surface area contributed by atoms with Crippen molar-refractivity contribution in [1.82, 2.24) is 10.4 Å². The number of nitrogens with two attached hydrogens (primary N) is 1. The van der Waals surface area contributed by atoms with Crippen molar-refractivity contribution in [3.05, 3.63) is 30.1 Å². The van der Waals surface area contributed by atoms with Crippen LogP contribution in [-0.4, -0.2) is 17.2 Å². The van der Waals surface area contributed by atoms with E-state index in [-0.39, 0.29) is 12.1 Å². The lowest BCUT2D eigenvalue weighted by Crippen LogP contribution is -2.36. The second kappa shape index (κ2) is 4.70. The highest BCUT2D eigenvalue weighted by Crippen LogP contribution is 2.29. The van der Waals surface area contributed by atoms with Gasteiger partial charge >= 0.3 is 0 Å². The van der Waals surface area contributed by atoms with Crippen molar-refractivity contribution in [2.75, 3.05) is 0 Å². The van der Waals surface area contributed by atoms with Gasteiger partial charge in [-0.2, -0.15) is 0 Å². The lowest BCUT2D eigenvalue weighted by molar-refractivity contribution is 0.0315. The molecule has 0 aliphatic carbocycles. The second-order valence-corrected chi connectivity index (χ2v) is 3.99. The predicted octanol–water partition coefficient (Wildman–Crippen LogP) is 1.15. The summed E-state index contributed by atoms with van der Waals surface area (Å²) in [5.74, 6) is 5.57. The first-order chi connectivity index (χ1) is 7.31. The molecule has 1 fully saturated rings. The molecule has 0 spiro atoms. The maximum atomic E-state index is 5.80. The summed E-state index contributed by atoms with van der Waals surface area (Å²) in [6.07, 6.45) is 6.23. The number of ether oxygens (including phenoxy) is 1. The Hall–Kier alpha value is -0.970. The van der Waals surface area contributed by atoms with Crippen LogP contribution in [0.25, 0.3) is 0 Å². The van der Waals surface area contributed by atoms with Crippen LogP contribution < -0.4 is 11.3 Å². The first kappa shape index (κ1) is 10.5. The molecule has 0 bridgehead atoms. The third-order valence-corrected chi connectivity index (χ3v) is 2.86. The van der Waals surface area contributed by atoms with Gasteiger partial charge in [-0.05, 0) is 31.4 Å². The van der Waals surface area contributed by atoms with E-state index in [1.807, 2.05) is 18.3 Å². The number of hydrogen-bond acceptors (Lipinski definition) is 4. The van der Waals surface area contributed by atoms with Crippen LogP contribution in [0.15, 0.2) is 24.5 Å². The van der Waals surface area contributed by atoms with Crippen molar-refractivity contribution in [3.63, 3.8) is 0 Å². The minimum atomic E-state index is 0.0450. The van der Waals surface area contributed by atoms with Gasteiger partial charge in [0.15, 0.2) is 0 Å². The number of hydrazine groups is 1. The molecule has 4 nitrogen and oxygen atoms in total. The van der Waals surface area contributed by atoms with Crippen LogP contribution in [0.3, 0.4) is 0 Å². The molecule has 0 radical (unpaired) electrons. The highest BCUT2D eigenvalue weighted by Gasteiger charge is 2.29. The van der Waals surface area contributed by atoms with Gasteiger partial charge in [-0.1, -0.05) is 6.07 Å². The van der Waals surface area contributed by atoms with Crippen LogP contribution in [0.4, 0.5) is 0 Å². The molecule has 1 aliphatic rings. The summed E-state index contributed by atoms with van der Waals surface area (Å²) < 4.78 is 5.80. The van der Waals surface area contributed by atoms with Gasteiger partial charge in [0, 0.05) is 12.4 Å². The summed E-state index contributed by atoms with van der Waals surface area (Å²) in [5, 5.41) is 0. The Morgan fingerprint density at radius 1 is 1.60 bits per heavy atom. The second-order valence-electron chi connectivity index (χ2n) is 3.99. The van der Waals surface area contributed by atoms with Gasteiger partial charge in [-0.3, -0.25) is 16.3 Å². The van der Waals surface area contributed by atoms with Gasteiger partial charge in [0.1, 0.15) is 0 Å². The highest BCUT2D eigenvalue weighted by molar-refractivity contribution is 5.15. The fraction of sp³-hybridized carbons (Fsp3) is 0.545. The lowest BCUT2D eigenvalue weighted by Gasteiger charge is -2.22. The molecule has 0 amide bonds. The summed E-state index contributed by atoms with van der Waals surface area (Å²) >= 11 is 0. The maximum Gasteiger partial charge on any atom is 0.0787 e. The Kier molecular flexibility index (Phi) is 3.30. The summed E-state index contributed by atoms with van der Waals surface area (Å²) in [6, 6.07) is 3.98. The van der Waals surface area contributed by atoms with E-state index in [0.29, 0.717) is 6.10 Å². The molecule has 3 atom stereocenters. The van der Waals surface area contributed by atoms with Gasteiger partial charge in [0.25, 0.3) is 0 Å². The molecule has 3 N–H and O–H groups in total. The van der Waals surface area contributed by atoms with E-state index < -0.39 is 0 Å².